The molecule has 0 aliphatic heterocycles. The van der Waals surface area contributed by atoms with E-state index in [0.29, 0.717) is 5.02 Å². The summed E-state index contributed by atoms with van der Waals surface area (Å²) in [5.41, 5.74) is 4.46. The second-order valence-corrected chi connectivity index (χ2v) is 5.15. The molecule has 0 aliphatic carbocycles. The molecule has 0 aromatic heterocycles. The van der Waals surface area contributed by atoms with Crippen LogP contribution in [0.25, 0.3) is 0 Å². The third-order valence-corrected chi connectivity index (χ3v) is 3.63. The number of halogens is 2. The van der Waals surface area contributed by atoms with Crippen molar-refractivity contribution in [1.82, 2.24) is 5.32 Å². The fourth-order valence-corrected chi connectivity index (χ4v) is 2.64. The summed E-state index contributed by atoms with van der Waals surface area (Å²) in [7, 11) is 1.88. The molecule has 3 heteroatoms. The summed E-state index contributed by atoms with van der Waals surface area (Å²) in [6, 6.07) is 10.8. The van der Waals surface area contributed by atoms with Crippen LogP contribution in [0.4, 0.5) is 4.39 Å². The summed E-state index contributed by atoms with van der Waals surface area (Å²) in [4.78, 5) is 0. The zero-order chi connectivity index (χ0) is 14.0. The average molecular weight is 278 g/mol. The van der Waals surface area contributed by atoms with E-state index in [2.05, 4.69) is 37.4 Å². The van der Waals surface area contributed by atoms with Crippen molar-refractivity contribution >= 4 is 11.6 Å². The van der Waals surface area contributed by atoms with Crippen molar-refractivity contribution in [3.8, 4) is 0 Å². The average Bonchev–Trinajstić information content (AvgIpc) is 2.34. The van der Waals surface area contributed by atoms with Crippen LogP contribution in [0.3, 0.4) is 0 Å². The predicted octanol–water partition coefficient (Wildman–Crippen LogP) is 4.40. The molecule has 1 atom stereocenters. The van der Waals surface area contributed by atoms with E-state index in [0.717, 1.165) is 11.1 Å². The Morgan fingerprint density at radius 3 is 2.32 bits per heavy atom. The molecule has 2 aromatic carbocycles. The molecule has 0 saturated heterocycles. The molecule has 1 N–H and O–H groups in total. The zero-order valence-electron chi connectivity index (χ0n) is 11.3. The van der Waals surface area contributed by atoms with Gasteiger partial charge in [0.1, 0.15) is 5.82 Å². The first kappa shape index (κ1) is 14.0. The Kier molecular flexibility index (Phi) is 4.23. The molecule has 19 heavy (non-hydrogen) atoms. The fourth-order valence-electron chi connectivity index (χ4n) is 2.36. The van der Waals surface area contributed by atoms with Crippen LogP contribution >= 0.6 is 11.6 Å². The first-order chi connectivity index (χ1) is 9.02. The van der Waals surface area contributed by atoms with Gasteiger partial charge < -0.3 is 5.32 Å². The first-order valence-electron chi connectivity index (χ1n) is 6.22. The number of rotatable bonds is 3. The zero-order valence-corrected chi connectivity index (χ0v) is 12.1. The van der Waals surface area contributed by atoms with Crippen molar-refractivity contribution in [2.45, 2.75) is 19.9 Å². The molecule has 0 bridgehead atoms. The van der Waals surface area contributed by atoms with Gasteiger partial charge in [0.2, 0.25) is 0 Å². The SMILES string of the molecule is CNC(c1ccc(C)cc1C)c1ccc(F)cc1Cl. The van der Waals surface area contributed by atoms with Crippen molar-refractivity contribution < 1.29 is 4.39 Å². The maximum Gasteiger partial charge on any atom is 0.124 e. The molecule has 2 rings (SSSR count). The molecular formula is C16H17ClFN. The fraction of sp³-hybridized carbons (Fsp3) is 0.250. The van der Waals surface area contributed by atoms with Gasteiger partial charge >= 0.3 is 0 Å². The molecule has 0 heterocycles. The Labute approximate surface area is 118 Å². The highest BCUT2D eigenvalue weighted by molar-refractivity contribution is 6.31. The molecule has 1 unspecified atom stereocenters. The van der Waals surface area contributed by atoms with E-state index in [1.807, 2.05) is 7.05 Å². The summed E-state index contributed by atoms with van der Waals surface area (Å²) in [6.45, 7) is 4.14. The van der Waals surface area contributed by atoms with Crippen molar-refractivity contribution in [1.29, 1.82) is 0 Å². The monoisotopic (exact) mass is 277 g/mol. The summed E-state index contributed by atoms with van der Waals surface area (Å²) < 4.78 is 13.1. The van der Waals surface area contributed by atoms with E-state index in [9.17, 15) is 4.39 Å². The molecule has 0 saturated carbocycles. The molecule has 2 aromatic rings. The minimum Gasteiger partial charge on any atom is -0.309 e. The summed E-state index contributed by atoms with van der Waals surface area (Å²) >= 11 is 6.16. The van der Waals surface area contributed by atoms with Crippen LogP contribution in [0, 0.1) is 19.7 Å². The van der Waals surface area contributed by atoms with Gasteiger partial charge in [-0.2, -0.15) is 0 Å². The minimum absolute atomic E-state index is 0.0336. The Morgan fingerprint density at radius 1 is 1.05 bits per heavy atom. The second kappa shape index (κ2) is 5.72. The van der Waals surface area contributed by atoms with E-state index in [1.165, 1.54) is 23.3 Å². The quantitative estimate of drug-likeness (QED) is 0.876. The van der Waals surface area contributed by atoms with Crippen LogP contribution in [0.5, 0.6) is 0 Å². The summed E-state index contributed by atoms with van der Waals surface area (Å²) in [5.74, 6) is -0.316. The number of aryl methyl sites for hydroxylation is 2. The second-order valence-electron chi connectivity index (χ2n) is 4.75. The maximum atomic E-state index is 13.1. The summed E-state index contributed by atoms with van der Waals surface area (Å²) in [5, 5.41) is 3.69. The van der Waals surface area contributed by atoms with Crippen LogP contribution in [-0.4, -0.2) is 7.05 Å². The number of benzene rings is 2. The maximum absolute atomic E-state index is 13.1. The van der Waals surface area contributed by atoms with Crippen LogP contribution < -0.4 is 5.32 Å². The normalized spacial score (nSPS) is 12.5. The van der Waals surface area contributed by atoms with Gasteiger partial charge in [-0.05, 0) is 49.7 Å². The Morgan fingerprint density at radius 2 is 1.74 bits per heavy atom. The third kappa shape index (κ3) is 2.96. The van der Waals surface area contributed by atoms with Crippen molar-refractivity contribution in [3.05, 3.63) is 69.5 Å². The van der Waals surface area contributed by atoms with Crippen molar-refractivity contribution in [2.75, 3.05) is 7.05 Å². The minimum atomic E-state index is -0.316. The van der Waals surface area contributed by atoms with Crippen LogP contribution in [-0.2, 0) is 0 Å². The molecule has 0 amide bonds. The standard InChI is InChI=1S/C16H17ClFN/c1-10-4-6-13(11(2)8-10)16(19-3)14-7-5-12(18)9-15(14)17/h4-9,16,19H,1-3H3. The van der Waals surface area contributed by atoms with E-state index in [-0.39, 0.29) is 11.9 Å². The number of hydrogen-bond donors (Lipinski definition) is 1. The topological polar surface area (TPSA) is 12.0 Å². The molecule has 100 valence electrons. The van der Waals surface area contributed by atoms with E-state index < -0.39 is 0 Å². The number of nitrogens with one attached hydrogen (secondary N) is 1. The van der Waals surface area contributed by atoms with Gasteiger partial charge in [-0.3, -0.25) is 0 Å². The summed E-state index contributed by atoms with van der Waals surface area (Å²) in [6.07, 6.45) is 0. The molecule has 0 radical (unpaired) electrons. The van der Waals surface area contributed by atoms with Gasteiger partial charge in [0.05, 0.1) is 6.04 Å². The largest absolute Gasteiger partial charge is 0.309 e. The Hall–Kier alpha value is -1.38. The highest BCUT2D eigenvalue weighted by Gasteiger charge is 2.17. The Balaban J connectivity index is 2.50. The molecular weight excluding hydrogens is 261 g/mol. The lowest BCUT2D eigenvalue weighted by atomic mass is 9.94. The van der Waals surface area contributed by atoms with Crippen molar-refractivity contribution in [3.63, 3.8) is 0 Å². The van der Waals surface area contributed by atoms with Gasteiger partial charge in [0, 0.05) is 5.02 Å². The highest BCUT2D eigenvalue weighted by Crippen LogP contribution is 2.30. The van der Waals surface area contributed by atoms with Gasteiger partial charge in [0.25, 0.3) is 0 Å². The van der Waals surface area contributed by atoms with Gasteiger partial charge in [-0.1, -0.05) is 41.4 Å². The third-order valence-electron chi connectivity index (χ3n) is 3.30. The van der Waals surface area contributed by atoms with Crippen LogP contribution in [0.1, 0.15) is 28.3 Å². The lowest BCUT2D eigenvalue weighted by Gasteiger charge is -2.21. The van der Waals surface area contributed by atoms with E-state index >= 15 is 0 Å². The van der Waals surface area contributed by atoms with Crippen molar-refractivity contribution in [2.24, 2.45) is 0 Å². The predicted molar refractivity (Wildman–Crippen MR) is 78.2 cm³/mol. The van der Waals surface area contributed by atoms with Gasteiger partial charge in [-0.15, -0.1) is 0 Å². The first-order valence-corrected chi connectivity index (χ1v) is 6.60. The molecule has 0 fully saturated rings. The van der Waals surface area contributed by atoms with Crippen LogP contribution in [0.15, 0.2) is 36.4 Å². The van der Waals surface area contributed by atoms with E-state index in [1.54, 1.807) is 6.07 Å². The van der Waals surface area contributed by atoms with Gasteiger partial charge in [0.15, 0.2) is 0 Å². The molecule has 1 nitrogen and oxygen atoms in total. The van der Waals surface area contributed by atoms with E-state index in [4.69, 9.17) is 11.6 Å². The Bertz CT molecular complexity index is 544. The molecule has 0 spiro atoms. The van der Waals surface area contributed by atoms with Gasteiger partial charge in [-0.25, -0.2) is 4.39 Å². The lowest BCUT2D eigenvalue weighted by molar-refractivity contribution is 0.623. The lowest BCUT2D eigenvalue weighted by Crippen LogP contribution is -2.19. The highest BCUT2D eigenvalue weighted by atomic mass is 35.5. The number of hydrogen-bond acceptors (Lipinski definition) is 1. The molecule has 0 aliphatic rings. The van der Waals surface area contributed by atoms with Crippen LogP contribution in [0.2, 0.25) is 5.02 Å². The smallest absolute Gasteiger partial charge is 0.124 e.